The minimum Gasteiger partial charge on any atom is -0.440 e. The van der Waals surface area contributed by atoms with Gasteiger partial charge in [-0.1, -0.05) is 0 Å². The summed E-state index contributed by atoms with van der Waals surface area (Å²) in [4.78, 5) is 13.5. The highest BCUT2D eigenvalue weighted by Crippen LogP contribution is 2.29. The van der Waals surface area contributed by atoms with E-state index in [-0.39, 0.29) is 11.7 Å². The number of nitrogens with one attached hydrogen (secondary N) is 1. The fourth-order valence-corrected chi connectivity index (χ4v) is 2.43. The second-order valence-electron chi connectivity index (χ2n) is 4.60. The van der Waals surface area contributed by atoms with Crippen LogP contribution in [0.3, 0.4) is 0 Å². The molecular formula is C11H20N2O3. The standard InChI is InChI=1S/C11H20N2O3/c1-15-7-3-6-13-9-11(16-10(13)14)4-2-5-12-8-11/h12H,2-9H2,1H3. The van der Waals surface area contributed by atoms with Crippen molar-refractivity contribution < 1.29 is 14.3 Å². The Morgan fingerprint density at radius 2 is 2.50 bits per heavy atom. The van der Waals surface area contributed by atoms with Crippen LogP contribution < -0.4 is 5.32 Å². The molecule has 2 fully saturated rings. The molecule has 0 aromatic carbocycles. The van der Waals surface area contributed by atoms with Crippen molar-refractivity contribution in [1.29, 1.82) is 0 Å². The summed E-state index contributed by atoms with van der Waals surface area (Å²) in [6.07, 6.45) is 2.76. The van der Waals surface area contributed by atoms with Gasteiger partial charge in [-0.2, -0.15) is 0 Å². The second kappa shape index (κ2) is 5.01. The molecule has 92 valence electrons. The minimum atomic E-state index is -0.262. The fraction of sp³-hybridized carbons (Fsp3) is 0.909. The maximum Gasteiger partial charge on any atom is 0.410 e. The molecular weight excluding hydrogens is 208 g/mol. The largest absolute Gasteiger partial charge is 0.440 e. The minimum absolute atomic E-state index is 0.167. The lowest BCUT2D eigenvalue weighted by Crippen LogP contribution is -2.48. The van der Waals surface area contributed by atoms with Gasteiger partial charge in [0.25, 0.3) is 0 Å². The Morgan fingerprint density at radius 3 is 3.19 bits per heavy atom. The summed E-state index contributed by atoms with van der Waals surface area (Å²) in [5.74, 6) is 0. The van der Waals surface area contributed by atoms with Gasteiger partial charge >= 0.3 is 6.09 Å². The smallest absolute Gasteiger partial charge is 0.410 e. The van der Waals surface area contributed by atoms with E-state index in [0.29, 0.717) is 6.61 Å². The first kappa shape index (κ1) is 11.7. The van der Waals surface area contributed by atoms with Gasteiger partial charge in [-0.05, 0) is 25.8 Å². The van der Waals surface area contributed by atoms with E-state index in [1.54, 1.807) is 12.0 Å². The van der Waals surface area contributed by atoms with E-state index in [4.69, 9.17) is 9.47 Å². The highest BCUT2D eigenvalue weighted by Gasteiger charge is 2.45. The van der Waals surface area contributed by atoms with Gasteiger partial charge in [0.1, 0.15) is 5.60 Å². The Balaban J connectivity index is 1.85. The summed E-state index contributed by atoms with van der Waals surface area (Å²) < 4.78 is 10.5. The van der Waals surface area contributed by atoms with Gasteiger partial charge in [-0.3, -0.25) is 0 Å². The second-order valence-corrected chi connectivity index (χ2v) is 4.60. The zero-order chi connectivity index (χ0) is 11.4. The van der Waals surface area contributed by atoms with Crippen molar-refractivity contribution in [2.45, 2.75) is 24.9 Å². The van der Waals surface area contributed by atoms with E-state index < -0.39 is 0 Å². The predicted octanol–water partition coefficient (Wildman–Crippen LogP) is 0.597. The van der Waals surface area contributed by atoms with Gasteiger partial charge in [0.15, 0.2) is 0 Å². The van der Waals surface area contributed by atoms with Crippen LogP contribution >= 0.6 is 0 Å². The molecule has 5 nitrogen and oxygen atoms in total. The third-order valence-electron chi connectivity index (χ3n) is 3.25. The molecule has 1 N–H and O–H groups in total. The van der Waals surface area contributed by atoms with Crippen LogP contribution in [0.1, 0.15) is 19.3 Å². The summed E-state index contributed by atoms with van der Waals surface area (Å²) in [6, 6.07) is 0. The Hall–Kier alpha value is -0.810. The van der Waals surface area contributed by atoms with Gasteiger partial charge in [0.2, 0.25) is 0 Å². The van der Waals surface area contributed by atoms with Crippen molar-refractivity contribution in [3.05, 3.63) is 0 Å². The predicted molar refractivity (Wildman–Crippen MR) is 59.4 cm³/mol. The number of hydrogen-bond acceptors (Lipinski definition) is 4. The van der Waals surface area contributed by atoms with Crippen molar-refractivity contribution in [3.8, 4) is 0 Å². The third-order valence-corrected chi connectivity index (χ3v) is 3.25. The van der Waals surface area contributed by atoms with Crippen molar-refractivity contribution in [2.24, 2.45) is 0 Å². The van der Waals surface area contributed by atoms with Crippen LogP contribution in [0.4, 0.5) is 4.79 Å². The molecule has 0 radical (unpaired) electrons. The quantitative estimate of drug-likeness (QED) is 0.716. The van der Waals surface area contributed by atoms with E-state index >= 15 is 0 Å². The summed E-state index contributed by atoms with van der Waals surface area (Å²) in [6.45, 7) is 3.97. The molecule has 2 aliphatic heterocycles. The van der Waals surface area contributed by atoms with E-state index in [9.17, 15) is 4.79 Å². The molecule has 2 heterocycles. The number of nitrogens with zero attached hydrogens (tertiary/aromatic N) is 1. The molecule has 0 aromatic rings. The maximum absolute atomic E-state index is 11.7. The van der Waals surface area contributed by atoms with Gasteiger partial charge in [0.05, 0.1) is 6.54 Å². The summed E-state index contributed by atoms with van der Waals surface area (Å²) in [7, 11) is 1.68. The van der Waals surface area contributed by atoms with Gasteiger partial charge < -0.3 is 19.7 Å². The Labute approximate surface area is 96.1 Å². The van der Waals surface area contributed by atoms with Crippen LogP contribution in [-0.4, -0.2) is 56.5 Å². The molecule has 2 aliphatic rings. The first-order valence-corrected chi connectivity index (χ1v) is 5.93. The average molecular weight is 228 g/mol. The monoisotopic (exact) mass is 228 g/mol. The summed E-state index contributed by atoms with van der Waals surface area (Å²) >= 11 is 0. The van der Waals surface area contributed by atoms with Crippen LogP contribution in [0, 0.1) is 0 Å². The molecule has 0 aliphatic carbocycles. The van der Waals surface area contributed by atoms with Crippen molar-refractivity contribution in [1.82, 2.24) is 10.2 Å². The van der Waals surface area contributed by atoms with Crippen LogP contribution in [0.15, 0.2) is 0 Å². The van der Waals surface area contributed by atoms with Gasteiger partial charge in [-0.15, -0.1) is 0 Å². The molecule has 1 unspecified atom stereocenters. The van der Waals surface area contributed by atoms with Gasteiger partial charge in [-0.25, -0.2) is 4.79 Å². The molecule has 0 aromatic heterocycles. The highest BCUT2D eigenvalue weighted by atomic mass is 16.6. The topological polar surface area (TPSA) is 50.8 Å². The lowest BCUT2D eigenvalue weighted by molar-refractivity contribution is 0.0366. The molecule has 0 bridgehead atoms. The number of carbonyl (C=O) groups excluding carboxylic acids is 1. The average Bonchev–Trinajstić information content (AvgIpc) is 2.57. The van der Waals surface area contributed by atoms with Crippen LogP contribution in [0.5, 0.6) is 0 Å². The third kappa shape index (κ3) is 2.47. The van der Waals surface area contributed by atoms with E-state index in [1.165, 1.54) is 0 Å². The Bertz CT molecular complexity index is 252. The Kier molecular flexibility index (Phi) is 3.66. The van der Waals surface area contributed by atoms with Crippen LogP contribution in [0.2, 0.25) is 0 Å². The van der Waals surface area contributed by atoms with Crippen molar-refractivity contribution in [2.75, 3.05) is 39.9 Å². The maximum atomic E-state index is 11.7. The first-order chi connectivity index (χ1) is 7.76. The zero-order valence-corrected chi connectivity index (χ0v) is 9.83. The van der Waals surface area contributed by atoms with Crippen LogP contribution in [-0.2, 0) is 9.47 Å². The molecule has 16 heavy (non-hydrogen) atoms. The summed E-state index contributed by atoms with van der Waals surface area (Å²) in [5, 5.41) is 3.30. The lowest BCUT2D eigenvalue weighted by atomic mass is 9.94. The highest BCUT2D eigenvalue weighted by molar-refractivity contribution is 5.70. The number of carbonyl (C=O) groups is 1. The van der Waals surface area contributed by atoms with E-state index in [1.807, 2.05) is 0 Å². The fourth-order valence-electron chi connectivity index (χ4n) is 2.43. The van der Waals surface area contributed by atoms with Gasteiger partial charge in [0, 0.05) is 26.8 Å². The molecule has 2 saturated heterocycles. The zero-order valence-electron chi connectivity index (χ0n) is 9.83. The number of piperidine rings is 1. The SMILES string of the molecule is COCCCN1CC2(CCCNC2)OC1=O. The molecule has 2 rings (SSSR count). The van der Waals surface area contributed by atoms with Crippen molar-refractivity contribution >= 4 is 6.09 Å². The number of ether oxygens (including phenoxy) is 2. The molecule has 1 atom stereocenters. The molecule has 1 spiro atoms. The molecule has 1 amide bonds. The first-order valence-electron chi connectivity index (χ1n) is 5.93. The molecule has 5 heteroatoms. The van der Waals surface area contributed by atoms with E-state index in [2.05, 4.69) is 5.32 Å². The van der Waals surface area contributed by atoms with Crippen LogP contribution in [0.25, 0.3) is 0 Å². The number of rotatable bonds is 4. The number of methoxy groups -OCH3 is 1. The molecule has 0 saturated carbocycles. The van der Waals surface area contributed by atoms with Crippen molar-refractivity contribution in [3.63, 3.8) is 0 Å². The Morgan fingerprint density at radius 1 is 1.62 bits per heavy atom. The number of hydrogen-bond donors (Lipinski definition) is 1. The van der Waals surface area contributed by atoms with E-state index in [0.717, 1.165) is 45.4 Å². The lowest BCUT2D eigenvalue weighted by Gasteiger charge is -2.31. The normalized spacial score (nSPS) is 29.8. The number of amides is 1. The summed E-state index contributed by atoms with van der Waals surface area (Å²) in [5.41, 5.74) is -0.262.